The summed E-state index contributed by atoms with van der Waals surface area (Å²) in [5, 5.41) is 11.0. The van der Waals surface area contributed by atoms with Crippen molar-refractivity contribution in [3.8, 4) is 0 Å². The van der Waals surface area contributed by atoms with Crippen LogP contribution in [0.3, 0.4) is 0 Å². The zero-order valence-corrected chi connectivity index (χ0v) is 16.3. The lowest BCUT2D eigenvalue weighted by Gasteiger charge is -2.25. The molecule has 1 amide bonds. The third-order valence-corrected chi connectivity index (χ3v) is 5.14. The fourth-order valence-corrected chi connectivity index (χ4v) is 3.60. The van der Waals surface area contributed by atoms with E-state index in [-0.39, 0.29) is 16.9 Å². The van der Waals surface area contributed by atoms with E-state index in [1.54, 1.807) is 24.3 Å². The third-order valence-electron chi connectivity index (χ3n) is 5.14. The van der Waals surface area contributed by atoms with Gasteiger partial charge >= 0.3 is 0 Å². The first-order valence-corrected chi connectivity index (χ1v) is 9.47. The van der Waals surface area contributed by atoms with Crippen LogP contribution in [0.2, 0.25) is 0 Å². The van der Waals surface area contributed by atoms with Crippen LogP contribution in [0.25, 0.3) is 5.76 Å². The monoisotopic (exact) mass is 381 g/mol. The summed E-state index contributed by atoms with van der Waals surface area (Å²) in [6.45, 7) is 6.00. The van der Waals surface area contributed by atoms with Gasteiger partial charge in [0, 0.05) is 17.7 Å². The number of hydrogen-bond donors (Lipinski definition) is 1. The van der Waals surface area contributed by atoms with E-state index in [1.165, 1.54) is 11.0 Å². The van der Waals surface area contributed by atoms with E-state index < -0.39 is 23.5 Å². The van der Waals surface area contributed by atoms with E-state index in [0.29, 0.717) is 18.5 Å². The molecular weight excluding hydrogens is 357 g/mol. The number of aryl methyl sites for hydroxylation is 2. The van der Waals surface area contributed by atoms with Gasteiger partial charge in [-0.2, -0.15) is 0 Å². The number of ketones is 1. The molecule has 4 nitrogen and oxygen atoms in total. The van der Waals surface area contributed by atoms with Crippen molar-refractivity contribution < 1.29 is 19.1 Å². The Labute approximate surface area is 164 Å². The zero-order valence-electron chi connectivity index (χ0n) is 16.3. The average Bonchev–Trinajstić information content (AvgIpc) is 2.92. The molecule has 0 radical (unpaired) electrons. The predicted octanol–water partition coefficient (Wildman–Crippen LogP) is 4.66. The minimum atomic E-state index is -0.937. The van der Waals surface area contributed by atoms with Crippen molar-refractivity contribution in [3.05, 3.63) is 76.1 Å². The summed E-state index contributed by atoms with van der Waals surface area (Å²) in [5.74, 6) is -2.24. The Morgan fingerprint density at radius 3 is 2.54 bits per heavy atom. The van der Waals surface area contributed by atoms with E-state index in [9.17, 15) is 19.1 Å². The van der Waals surface area contributed by atoms with Crippen LogP contribution in [-0.4, -0.2) is 28.2 Å². The molecule has 2 aromatic rings. The van der Waals surface area contributed by atoms with Crippen LogP contribution in [0, 0.1) is 19.7 Å². The van der Waals surface area contributed by atoms with E-state index in [1.807, 2.05) is 32.9 Å². The van der Waals surface area contributed by atoms with Crippen LogP contribution < -0.4 is 0 Å². The molecule has 0 saturated carbocycles. The SMILES string of the molecule is CCCCN1C(=O)C(=O)/C(=C(/O)c2cc(C)ccc2C)C1c1ccccc1F. The average molecular weight is 381 g/mol. The van der Waals surface area contributed by atoms with Gasteiger partial charge < -0.3 is 10.0 Å². The maximum atomic E-state index is 14.6. The van der Waals surface area contributed by atoms with Crippen molar-refractivity contribution in [2.75, 3.05) is 6.54 Å². The number of nitrogens with zero attached hydrogens (tertiary/aromatic N) is 1. The first-order valence-electron chi connectivity index (χ1n) is 9.47. The molecule has 28 heavy (non-hydrogen) atoms. The number of amides is 1. The molecule has 146 valence electrons. The molecule has 1 saturated heterocycles. The van der Waals surface area contributed by atoms with Crippen LogP contribution in [-0.2, 0) is 9.59 Å². The van der Waals surface area contributed by atoms with Gasteiger partial charge in [0.1, 0.15) is 11.6 Å². The number of Topliss-reactive ketones (excluding diaryl/α,β-unsaturated/α-hetero) is 1. The second-order valence-electron chi connectivity index (χ2n) is 7.19. The molecule has 0 spiro atoms. The van der Waals surface area contributed by atoms with Gasteiger partial charge in [0.2, 0.25) is 0 Å². The fraction of sp³-hybridized carbons (Fsp3) is 0.304. The molecule has 0 bridgehead atoms. The van der Waals surface area contributed by atoms with Crippen molar-refractivity contribution in [1.82, 2.24) is 4.90 Å². The lowest BCUT2D eigenvalue weighted by Crippen LogP contribution is -2.31. The van der Waals surface area contributed by atoms with Crippen molar-refractivity contribution in [1.29, 1.82) is 0 Å². The van der Waals surface area contributed by atoms with Gasteiger partial charge in [-0.1, -0.05) is 49.2 Å². The van der Waals surface area contributed by atoms with Gasteiger partial charge in [0.25, 0.3) is 11.7 Å². The van der Waals surface area contributed by atoms with E-state index in [4.69, 9.17) is 0 Å². The van der Waals surface area contributed by atoms with E-state index in [2.05, 4.69) is 0 Å². The molecule has 5 heteroatoms. The molecule has 0 aliphatic carbocycles. The Balaban J connectivity index is 2.24. The molecular formula is C23H24FNO3. The topological polar surface area (TPSA) is 57.6 Å². The quantitative estimate of drug-likeness (QED) is 0.465. The molecule has 1 atom stereocenters. The highest BCUT2D eigenvalue weighted by Gasteiger charge is 2.46. The standard InChI is InChI=1S/C23H24FNO3/c1-4-5-12-25-20(16-8-6-7-9-18(16)24)19(22(27)23(25)28)21(26)17-13-14(2)10-11-15(17)3/h6-11,13,20,26H,4-5,12H2,1-3H3/b21-19+. The summed E-state index contributed by atoms with van der Waals surface area (Å²) in [6, 6.07) is 10.7. The molecule has 1 N–H and O–H groups in total. The van der Waals surface area contributed by atoms with E-state index in [0.717, 1.165) is 17.5 Å². The highest BCUT2D eigenvalue weighted by atomic mass is 19.1. The largest absolute Gasteiger partial charge is 0.507 e. The minimum Gasteiger partial charge on any atom is -0.507 e. The molecule has 1 aliphatic heterocycles. The van der Waals surface area contributed by atoms with Crippen molar-refractivity contribution in [2.45, 2.75) is 39.7 Å². The Morgan fingerprint density at radius 1 is 1.14 bits per heavy atom. The van der Waals surface area contributed by atoms with Crippen molar-refractivity contribution >= 4 is 17.4 Å². The maximum absolute atomic E-state index is 14.6. The number of carbonyl (C=O) groups excluding carboxylic acids is 2. The molecule has 1 heterocycles. The number of unbranched alkanes of at least 4 members (excludes halogenated alkanes) is 1. The van der Waals surface area contributed by atoms with Gasteiger partial charge in [-0.25, -0.2) is 4.39 Å². The fourth-order valence-electron chi connectivity index (χ4n) is 3.60. The molecule has 2 aromatic carbocycles. The maximum Gasteiger partial charge on any atom is 0.295 e. The number of carbonyl (C=O) groups is 2. The normalized spacial score (nSPS) is 18.7. The smallest absolute Gasteiger partial charge is 0.295 e. The Kier molecular flexibility index (Phi) is 5.63. The summed E-state index contributed by atoms with van der Waals surface area (Å²) >= 11 is 0. The zero-order chi connectivity index (χ0) is 20.4. The molecule has 3 rings (SSSR count). The number of likely N-dealkylation sites (tertiary alicyclic amines) is 1. The van der Waals surface area contributed by atoms with Crippen LogP contribution in [0.4, 0.5) is 4.39 Å². The van der Waals surface area contributed by atoms with Gasteiger partial charge in [-0.3, -0.25) is 9.59 Å². The first-order chi connectivity index (χ1) is 13.4. The molecule has 1 fully saturated rings. The Bertz CT molecular complexity index is 964. The van der Waals surface area contributed by atoms with Gasteiger partial charge in [-0.05, 0) is 38.0 Å². The summed E-state index contributed by atoms with van der Waals surface area (Å²) in [7, 11) is 0. The van der Waals surface area contributed by atoms with Gasteiger partial charge in [0.15, 0.2) is 0 Å². The third kappa shape index (κ3) is 3.44. The van der Waals surface area contributed by atoms with E-state index >= 15 is 0 Å². The summed E-state index contributed by atoms with van der Waals surface area (Å²) in [4.78, 5) is 26.9. The molecule has 1 unspecified atom stereocenters. The Morgan fingerprint density at radius 2 is 1.86 bits per heavy atom. The van der Waals surface area contributed by atoms with Crippen LogP contribution in [0.5, 0.6) is 0 Å². The molecule has 1 aliphatic rings. The van der Waals surface area contributed by atoms with Gasteiger partial charge in [0.05, 0.1) is 11.6 Å². The van der Waals surface area contributed by atoms with Crippen LogP contribution >= 0.6 is 0 Å². The number of halogens is 1. The lowest BCUT2D eigenvalue weighted by molar-refractivity contribution is -0.139. The number of aliphatic hydroxyl groups is 1. The van der Waals surface area contributed by atoms with Crippen molar-refractivity contribution in [2.24, 2.45) is 0 Å². The highest BCUT2D eigenvalue weighted by Crippen LogP contribution is 2.40. The second kappa shape index (κ2) is 7.97. The molecule has 0 aromatic heterocycles. The lowest BCUT2D eigenvalue weighted by atomic mass is 9.93. The van der Waals surface area contributed by atoms with Crippen LogP contribution in [0.1, 0.15) is 48.1 Å². The first kappa shape index (κ1) is 19.8. The Hall–Kier alpha value is -2.95. The van der Waals surface area contributed by atoms with Gasteiger partial charge in [-0.15, -0.1) is 0 Å². The number of aliphatic hydroxyl groups excluding tert-OH is 1. The summed E-state index contributed by atoms with van der Waals surface area (Å²) in [6.07, 6.45) is 1.51. The van der Waals surface area contributed by atoms with Crippen LogP contribution in [0.15, 0.2) is 48.0 Å². The summed E-state index contributed by atoms with van der Waals surface area (Å²) in [5.41, 5.74) is 2.32. The number of benzene rings is 2. The number of rotatable bonds is 5. The highest BCUT2D eigenvalue weighted by molar-refractivity contribution is 6.46. The predicted molar refractivity (Wildman–Crippen MR) is 106 cm³/mol. The summed E-state index contributed by atoms with van der Waals surface area (Å²) < 4.78 is 14.6. The number of hydrogen-bond acceptors (Lipinski definition) is 3. The minimum absolute atomic E-state index is 0.0556. The second-order valence-corrected chi connectivity index (χ2v) is 7.19. The van der Waals surface area contributed by atoms with Crippen molar-refractivity contribution in [3.63, 3.8) is 0 Å².